The van der Waals surface area contributed by atoms with Gasteiger partial charge in [0.15, 0.2) is 11.5 Å². The number of aliphatic carboxylic acids is 1. The third-order valence-corrected chi connectivity index (χ3v) is 7.21. The van der Waals surface area contributed by atoms with Crippen LogP contribution in [0.15, 0.2) is 66.7 Å². The van der Waals surface area contributed by atoms with E-state index in [0.717, 1.165) is 16.7 Å². The van der Waals surface area contributed by atoms with Gasteiger partial charge in [-0.2, -0.15) is 0 Å². The number of ether oxygens (including phenoxy) is 3. The van der Waals surface area contributed by atoms with Gasteiger partial charge in [-0.1, -0.05) is 48.0 Å². The molecule has 0 unspecified atom stereocenters. The van der Waals surface area contributed by atoms with Crippen LogP contribution in [0, 0.1) is 0 Å². The van der Waals surface area contributed by atoms with Crippen molar-refractivity contribution in [1.29, 1.82) is 0 Å². The van der Waals surface area contributed by atoms with E-state index in [2.05, 4.69) is 5.32 Å². The molecule has 2 amide bonds. The van der Waals surface area contributed by atoms with Gasteiger partial charge in [-0.15, -0.1) is 0 Å². The first kappa shape index (κ1) is 29.5. The Kier molecular flexibility index (Phi) is 9.52. The Morgan fingerprint density at radius 3 is 2.29 bits per heavy atom. The maximum atomic E-state index is 12.9. The summed E-state index contributed by atoms with van der Waals surface area (Å²) in [7, 11) is 4.45. The number of carbonyl (C=O) groups excluding carboxylic acids is 2. The highest BCUT2D eigenvalue weighted by atomic mass is 35.5. The molecule has 3 aromatic carbocycles. The Morgan fingerprint density at radius 2 is 1.68 bits per heavy atom. The van der Waals surface area contributed by atoms with E-state index < -0.39 is 17.9 Å². The molecule has 0 saturated heterocycles. The Hall–Kier alpha value is -4.50. The highest BCUT2D eigenvalue weighted by molar-refractivity contribution is 6.34. The summed E-state index contributed by atoms with van der Waals surface area (Å²) in [5, 5.41) is 12.4. The molecule has 0 radical (unpaired) electrons. The van der Waals surface area contributed by atoms with Crippen molar-refractivity contribution >= 4 is 35.0 Å². The molecule has 41 heavy (non-hydrogen) atoms. The normalized spacial score (nSPS) is 13.6. The molecular formula is C31H31ClN2O7. The number of carboxylic acid groups (broad SMARTS) is 1. The summed E-state index contributed by atoms with van der Waals surface area (Å²) in [5.74, 6) is -0.568. The summed E-state index contributed by atoms with van der Waals surface area (Å²) in [6, 6.07) is 16.3. The molecule has 0 fully saturated rings. The molecule has 1 atom stereocenters. The van der Waals surface area contributed by atoms with Gasteiger partial charge < -0.3 is 29.5 Å². The average Bonchev–Trinajstić information content (AvgIpc) is 3.00. The zero-order chi connectivity index (χ0) is 29.5. The van der Waals surface area contributed by atoms with Gasteiger partial charge in [-0.25, -0.2) is 4.79 Å². The topological polar surface area (TPSA) is 114 Å². The second kappa shape index (κ2) is 13.2. The van der Waals surface area contributed by atoms with Crippen LogP contribution in [0.5, 0.6) is 17.2 Å². The van der Waals surface area contributed by atoms with Gasteiger partial charge in [0.25, 0.3) is 11.8 Å². The number of benzene rings is 3. The molecule has 0 spiro atoms. The van der Waals surface area contributed by atoms with Gasteiger partial charge in [0, 0.05) is 31.1 Å². The largest absolute Gasteiger partial charge is 0.497 e. The van der Waals surface area contributed by atoms with Crippen molar-refractivity contribution < 1.29 is 33.7 Å². The number of hydrogen-bond acceptors (Lipinski definition) is 6. The molecule has 1 aliphatic rings. The van der Waals surface area contributed by atoms with Crippen LogP contribution < -0.4 is 19.5 Å². The fourth-order valence-corrected chi connectivity index (χ4v) is 4.85. The van der Waals surface area contributed by atoms with Gasteiger partial charge in [0.2, 0.25) is 0 Å². The number of hydrogen-bond donors (Lipinski definition) is 2. The highest BCUT2D eigenvalue weighted by Gasteiger charge is 2.24. The number of methoxy groups -OCH3 is 3. The number of nitrogens with zero attached hydrogens (tertiary/aromatic N) is 1. The first-order valence-electron chi connectivity index (χ1n) is 12.9. The summed E-state index contributed by atoms with van der Waals surface area (Å²) in [6.07, 6.45) is 2.80. The first-order chi connectivity index (χ1) is 19.7. The fraction of sp³-hybridized carbons (Fsp3) is 0.258. The van der Waals surface area contributed by atoms with Crippen LogP contribution in [-0.4, -0.2) is 68.3 Å². The SMILES string of the molecule is COc1cccc(C(=O)N2CC=C(c3ccc(C[C@H](NC(=O)c4cc(OC)c(OC)cc4Cl)C(=O)O)cc3)CC2)c1. The lowest BCUT2D eigenvalue weighted by Gasteiger charge is -2.27. The molecule has 0 aliphatic carbocycles. The van der Waals surface area contributed by atoms with Crippen LogP contribution in [0.1, 0.15) is 38.3 Å². The summed E-state index contributed by atoms with van der Waals surface area (Å²) in [4.78, 5) is 39.6. The third-order valence-electron chi connectivity index (χ3n) is 6.90. The van der Waals surface area contributed by atoms with Gasteiger partial charge in [-0.3, -0.25) is 9.59 Å². The highest BCUT2D eigenvalue weighted by Crippen LogP contribution is 2.33. The number of rotatable bonds is 10. The second-order valence-electron chi connectivity index (χ2n) is 9.41. The molecule has 9 nitrogen and oxygen atoms in total. The van der Waals surface area contributed by atoms with E-state index in [-0.39, 0.29) is 22.9 Å². The van der Waals surface area contributed by atoms with Crippen molar-refractivity contribution in [2.45, 2.75) is 18.9 Å². The predicted molar refractivity (Wildman–Crippen MR) is 155 cm³/mol. The lowest BCUT2D eigenvalue weighted by Crippen LogP contribution is -2.42. The van der Waals surface area contributed by atoms with Gasteiger partial charge >= 0.3 is 5.97 Å². The van der Waals surface area contributed by atoms with Crippen molar-refractivity contribution in [2.24, 2.45) is 0 Å². The van der Waals surface area contributed by atoms with Crippen molar-refractivity contribution in [2.75, 3.05) is 34.4 Å². The minimum Gasteiger partial charge on any atom is -0.497 e. The average molecular weight is 579 g/mol. The number of amides is 2. The molecule has 1 aliphatic heterocycles. The van der Waals surface area contributed by atoms with Crippen molar-refractivity contribution in [3.05, 3.63) is 94.0 Å². The van der Waals surface area contributed by atoms with E-state index in [9.17, 15) is 19.5 Å². The molecular weight excluding hydrogens is 548 g/mol. The Labute approximate surface area is 243 Å². The molecule has 1 heterocycles. The van der Waals surface area contributed by atoms with E-state index in [1.54, 1.807) is 36.3 Å². The fourth-order valence-electron chi connectivity index (χ4n) is 4.61. The van der Waals surface area contributed by atoms with E-state index in [1.165, 1.54) is 26.4 Å². The van der Waals surface area contributed by atoms with Crippen molar-refractivity contribution in [3.8, 4) is 17.2 Å². The van der Waals surface area contributed by atoms with Crippen molar-refractivity contribution in [3.63, 3.8) is 0 Å². The van der Waals surface area contributed by atoms with Crippen LogP contribution in [0.4, 0.5) is 0 Å². The zero-order valence-corrected chi connectivity index (χ0v) is 23.7. The van der Waals surface area contributed by atoms with Crippen LogP contribution in [0.3, 0.4) is 0 Å². The van der Waals surface area contributed by atoms with Crippen LogP contribution in [0.2, 0.25) is 5.02 Å². The molecule has 4 rings (SSSR count). The maximum absolute atomic E-state index is 12.9. The summed E-state index contributed by atoms with van der Waals surface area (Å²) >= 11 is 6.24. The summed E-state index contributed by atoms with van der Waals surface area (Å²) in [5.41, 5.74) is 3.51. The maximum Gasteiger partial charge on any atom is 0.326 e. The molecule has 214 valence electrons. The number of carbonyl (C=O) groups is 3. The first-order valence-corrected chi connectivity index (χ1v) is 13.3. The zero-order valence-electron chi connectivity index (χ0n) is 23.0. The Morgan fingerprint density at radius 1 is 0.976 bits per heavy atom. The third kappa shape index (κ3) is 6.99. The van der Waals surface area contributed by atoms with Crippen LogP contribution in [-0.2, 0) is 11.2 Å². The van der Waals surface area contributed by atoms with Crippen LogP contribution >= 0.6 is 11.6 Å². The number of carboxylic acids is 1. The summed E-state index contributed by atoms with van der Waals surface area (Å²) < 4.78 is 15.6. The van der Waals surface area contributed by atoms with Gasteiger partial charge in [0.05, 0.1) is 31.9 Å². The van der Waals surface area contributed by atoms with E-state index >= 15 is 0 Å². The number of nitrogens with one attached hydrogen (secondary N) is 1. The molecule has 0 saturated carbocycles. The smallest absolute Gasteiger partial charge is 0.326 e. The number of halogens is 1. The standard InChI is InChI=1S/C31H31ClN2O7/c1-39-23-6-4-5-22(16-23)30(36)34-13-11-21(12-14-34)20-9-7-19(8-10-20)15-26(31(37)38)33-29(35)24-17-27(40-2)28(41-3)18-25(24)32/h4-11,16-18,26H,12-15H2,1-3H3,(H,33,35)(H,37,38)/t26-/m0/s1. The minimum atomic E-state index is -1.18. The minimum absolute atomic E-state index is 0.0503. The molecule has 3 aromatic rings. The molecule has 2 N–H and O–H groups in total. The lowest BCUT2D eigenvalue weighted by atomic mass is 9.96. The second-order valence-corrected chi connectivity index (χ2v) is 9.82. The van der Waals surface area contributed by atoms with Crippen LogP contribution in [0.25, 0.3) is 5.57 Å². The Bertz CT molecular complexity index is 1470. The van der Waals surface area contributed by atoms with E-state index in [1.807, 2.05) is 30.3 Å². The van der Waals surface area contributed by atoms with Gasteiger partial charge in [0.1, 0.15) is 11.8 Å². The lowest BCUT2D eigenvalue weighted by molar-refractivity contribution is -0.139. The Balaban J connectivity index is 1.40. The summed E-state index contributed by atoms with van der Waals surface area (Å²) in [6.45, 7) is 1.06. The molecule has 10 heteroatoms. The van der Waals surface area contributed by atoms with E-state index in [0.29, 0.717) is 42.3 Å². The van der Waals surface area contributed by atoms with E-state index in [4.69, 9.17) is 25.8 Å². The predicted octanol–water partition coefficient (Wildman–Crippen LogP) is 4.72. The molecule has 0 bridgehead atoms. The molecule has 0 aromatic heterocycles. The van der Waals surface area contributed by atoms with Gasteiger partial charge in [-0.05, 0) is 47.4 Å². The van der Waals surface area contributed by atoms with Crippen molar-refractivity contribution in [1.82, 2.24) is 10.2 Å². The monoisotopic (exact) mass is 578 g/mol. The quantitative estimate of drug-likeness (QED) is 0.358.